The molecule has 3 heterocycles. The smallest absolute Gasteiger partial charge is 0.319 e. The molecule has 0 saturated carbocycles. The first kappa shape index (κ1) is 12.7. The van der Waals surface area contributed by atoms with Crippen molar-refractivity contribution in [2.75, 3.05) is 11.9 Å². The van der Waals surface area contributed by atoms with Crippen LogP contribution in [0.2, 0.25) is 0 Å². The molecule has 0 aliphatic carbocycles. The lowest BCUT2D eigenvalue weighted by molar-refractivity contribution is 0.248. The van der Waals surface area contributed by atoms with Gasteiger partial charge in [-0.2, -0.15) is 5.10 Å². The molecule has 1 aliphatic rings. The van der Waals surface area contributed by atoms with E-state index in [-0.39, 0.29) is 6.03 Å². The van der Waals surface area contributed by atoms with E-state index < -0.39 is 0 Å². The molecule has 2 aromatic heterocycles. The number of amides is 2. The summed E-state index contributed by atoms with van der Waals surface area (Å²) in [6.45, 7) is 1.64. The van der Waals surface area contributed by atoms with Gasteiger partial charge in [0.1, 0.15) is 5.82 Å². The van der Waals surface area contributed by atoms with Crippen LogP contribution in [0.25, 0.3) is 0 Å². The number of imidazole rings is 1. The summed E-state index contributed by atoms with van der Waals surface area (Å²) in [4.78, 5) is 16.1. The number of nitrogens with zero attached hydrogens (tertiary/aromatic N) is 4. The van der Waals surface area contributed by atoms with Crippen LogP contribution >= 0.6 is 0 Å². The number of hydrogen-bond acceptors (Lipinski definition) is 3. The third-order valence-electron chi connectivity index (χ3n) is 3.57. The normalized spacial score (nSPS) is 17.6. The summed E-state index contributed by atoms with van der Waals surface area (Å²) in [6, 6.07) is -0.188. The summed E-state index contributed by atoms with van der Waals surface area (Å²) in [5.41, 5.74) is 0.698. The Bertz CT molecular complexity index is 602. The van der Waals surface area contributed by atoms with Crippen LogP contribution in [0.4, 0.5) is 10.5 Å². The highest BCUT2D eigenvalue weighted by atomic mass is 16.2. The predicted octanol–water partition coefficient (Wildman–Crippen LogP) is 1.00. The number of anilines is 1. The highest BCUT2D eigenvalue weighted by molar-refractivity contribution is 5.88. The van der Waals surface area contributed by atoms with Crippen molar-refractivity contribution in [3.05, 3.63) is 30.6 Å². The monoisotopic (exact) mass is 274 g/mol. The van der Waals surface area contributed by atoms with Gasteiger partial charge in [0.25, 0.3) is 0 Å². The zero-order valence-corrected chi connectivity index (χ0v) is 11.4. The first-order chi connectivity index (χ1) is 9.70. The van der Waals surface area contributed by atoms with E-state index in [4.69, 9.17) is 0 Å². The SMILES string of the molecule is Cn1cc(NC(=O)NCC2CCn3ccnc3C2)cn1. The van der Waals surface area contributed by atoms with Crippen molar-refractivity contribution in [1.82, 2.24) is 24.6 Å². The van der Waals surface area contributed by atoms with Gasteiger partial charge in [0.15, 0.2) is 0 Å². The van der Waals surface area contributed by atoms with Gasteiger partial charge in [-0.25, -0.2) is 9.78 Å². The molecule has 1 aliphatic heterocycles. The largest absolute Gasteiger partial charge is 0.338 e. The topological polar surface area (TPSA) is 76.8 Å². The maximum Gasteiger partial charge on any atom is 0.319 e. The Kier molecular flexibility index (Phi) is 3.41. The number of aryl methyl sites for hydroxylation is 2. The Balaban J connectivity index is 1.47. The third kappa shape index (κ3) is 2.81. The molecule has 0 saturated heterocycles. The fourth-order valence-corrected chi connectivity index (χ4v) is 2.49. The Labute approximate surface area is 117 Å². The molecule has 106 valence electrons. The summed E-state index contributed by atoms with van der Waals surface area (Å²) in [6.07, 6.45) is 9.21. The van der Waals surface area contributed by atoms with Crippen molar-refractivity contribution in [3.63, 3.8) is 0 Å². The molecule has 7 nitrogen and oxygen atoms in total. The van der Waals surface area contributed by atoms with Crippen molar-refractivity contribution < 1.29 is 4.79 Å². The van der Waals surface area contributed by atoms with E-state index >= 15 is 0 Å². The van der Waals surface area contributed by atoms with Crippen LogP contribution in [0.15, 0.2) is 24.8 Å². The van der Waals surface area contributed by atoms with Gasteiger partial charge in [-0.05, 0) is 12.3 Å². The van der Waals surface area contributed by atoms with E-state index in [0.717, 1.165) is 25.2 Å². The zero-order chi connectivity index (χ0) is 13.9. The quantitative estimate of drug-likeness (QED) is 0.876. The fourth-order valence-electron chi connectivity index (χ4n) is 2.49. The van der Waals surface area contributed by atoms with Crippen molar-refractivity contribution in [1.29, 1.82) is 0 Å². The lowest BCUT2D eigenvalue weighted by atomic mass is 9.98. The molecule has 2 aromatic rings. The van der Waals surface area contributed by atoms with Crippen LogP contribution in [-0.4, -0.2) is 31.9 Å². The lowest BCUT2D eigenvalue weighted by Crippen LogP contribution is -2.35. The minimum atomic E-state index is -0.188. The van der Waals surface area contributed by atoms with Crippen LogP contribution in [0.1, 0.15) is 12.2 Å². The van der Waals surface area contributed by atoms with Crippen LogP contribution < -0.4 is 10.6 Å². The average Bonchev–Trinajstić information content (AvgIpc) is 3.04. The number of rotatable bonds is 3. The summed E-state index contributed by atoms with van der Waals surface area (Å²) >= 11 is 0. The minimum absolute atomic E-state index is 0.188. The highest BCUT2D eigenvalue weighted by Crippen LogP contribution is 2.18. The van der Waals surface area contributed by atoms with Crippen molar-refractivity contribution in [2.24, 2.45) is 13.0 Å². The van der Waals surface area contributed by atoms with Crippen LogP contribution in [0, 0.1) is 5.92 Å². The zero-order valence-electron chi connectivity index (χ0n) is 11.4. The Morgan fingerprint density at radius 3 is 3.25 bits per heavy atom. The third-order valence-corrected chi connectivity index (χ3v) is 3.57. The van der Waals surface area contributed by atoms with Crippen molar-refractivity contribution >= 4 is 11.7 Å². The number of urea groups is 1. The van der Waals surface area contributed by atoms with E-state index in [2.05, 4.69) is 25.3 Å². The van der Waals surface area contributed by atoms with Gasteiger partial charge in [-0.3, -0.25) is 4.68 Å². The number of fused-ring (bicyclic) bond motifs is 1. The van der Waals surface area contributed by atoms with Gasteiger partial charge in [0.05, 0.1) is 11.9 Å². The first-order valence-electron chi connectivity index (χ1n) is 6.74. The average molecular weight is 274 g/mol. The number of carbonyl (C=O) groups excluding carboxylic acids is 1. The van der Waals surface area contributed by atoms with Crippen molar-refractivity contribution in [3.8, 4) is 0 Å². The highest BCUT2D eigenvalue weighted by Gasteiger charge is 2.19. The van der Waals surface area contributed by atoms with E-state index in [1.54, 1.807) is 17.1 Å². The second kappa shape index (κ2) is 5.36. The minimum Gasteiger partial charge on any atom is -0.338 e. The molecule has 0 radical (unpaired) electrons. The molecule has 1 atom stereocenters. The first-order valence-corrected chi connectivity index (χ1v) is 6.74. The summed E-state index contributed by atoms with van der Waals surface area (Å²) < 4.78 is 3.82. The number of nitrogens with one attached hydrogen (secondary N) is 2. The van der Waals surface area contributed by atoms with Gasteiger partial charge in [-0.15, -0.1) is 0 Å². The molecule has 0 fully saturated rings. The maximum atomic E-state index is 11.8. The summed E-state index contributed by atoms with van der Waals surface area (Å²) in [5, 5.41) is 9.67. The Morgan fingerprint density at radius 2 is 2.45 bits per heavy atom. The van der Waals surface area contributed by atoms with Crippen LogP contribution in [0.5, 0.6) is 0 Å². The maximum absolute atomic E-state index is 11.8. The van der Waals surface area contributed by atoms with E-state index in [1.807, 2.05) is 19.4 Å². The summed E-state index contributed by atoms with van der Waals surface area (Å²) in [5.74, 6) is 1.56. The number of hydrogen-bond donors (Lipinski definition) is 2. The van der Waals surface area contributed by atoms with Crippen molar-refractivity contribution in [2.45, 2.75) is 19.4 Å². The Morgan fingerprint density at radius 1 is 1.55 bits per heavy atom. The van der Waals surface area contributed by atoms with Gasteiger partial charge in [0.2, 0.25) is 0 Å². The van der Waals surface area contributed by atoms with Gasteiger partial charge < -0.3 is 15.2 Å². The molecule has 1 unspecified atom stereocenters. The fraction of sp³-hybridized carbons (Fsp3) is 0.462. The van der Waals surface area contributed by atoms with Crippen LogP contribution in [-0.2, 0) is 20.0 Å². The van der Waals surface area contributed by atoms with E-state index in [9.17, 15) is 4.79 Å². The van der Waals surface area contributed by atoms with E-state index in [1.165, 1.54) is 0 Å². The second-order valence-corrected chi connectivity index (χ2v) is 5.13. The van der Waals surface area contributed by atoms with Crippen LogP contribution in [0.3, 0.4) is 0 Å². The molecule has 2 N–H and O–H groups in total. The van der Waals surface area contributed by atoms with E-state index in [0.29, 0.717) is 18.2 Å². The van der Waals surface area contributed by atoms with Gasteiger partial charge in [-0.1, -0.05) is 0 Å². The lowest BCUT2D eigenvalue weighted by Gasteiger charge is -2.23. The number of aromatic nitrogens is 4. The number of carbonyl (C=O) groups is 1. The molecule has 0 spiro atoms. The van der Waals surface area contributed by atoms with Gasteiger partial charge in [0, 0.05) is 45.1 Å². The predicted molar refractivity (Wildman–Crippen MR) is 74.3 cm³/mol. The molecular formula is C13H18N6O. The molecule has 0 bridgehead atoms. The molecule has 3 rings (SSSR count). The van der Waals surface area contributed by atoms with Gasteiger partial charge >= 0.3 is 6.03 Å². The molecular weight excluding hydrogens is 256 g/mol. The molecule has 7 heteroatoms. The standard InChI is InChI=1S/C13H18N6O/c1-18-9-11(8-16-18)17-13(20)15-7-10-2-4-19-5-3-14-12(19)6-10/h3,5,8-10H,2,4,6-7H2,1H3,(H2,15,17,20). The molecule has 20 heavy (non-hydrogen) atoms. The summed E-state index contributed by atoms with van der Waals surface area (Å²) in [7, 11) is 1.81. The molecule has 2 amide bonds. The second-order valence-electron chi connectivity index (χ2n) is 5.13. The Hall–Kier alpha value is -2.31. The molecule has 0 aromatic carbocycles.